The number of anilines is 3. The number of thioether (sulfide) groups is 1. The van der Waals surface area contributed by atoms with E-state index < -0.39 is 0 Å². The van der Waals surface area contributed by atoms with Crippen LogP contribution >= 0.6 is 11.8 Å². The predicted molar refractivity (Wildman–Crippen MR) is 67.2 cm³/mol. The molecule has 1 aromatic heterocycles. The van der Waals surface area contributed by atoms with Crippen molar-refractivity contribution < 1.29 is 0 Å². The molecular weight excluding hydrogens is 224 g/mol. The van der Waals surface area contributed by atoms with Crippen LogP contribution in [0.25, 0.3) is 0 Å². The highest BCUT2D eigenvalue weighted by molar-refractivity contribution is 7.99. The summed E-state index contributed by atoms with van der Waals surface area (Å²) >= 11 is 1.99. The Bertz CT molecular complexity index is 330. The van der Waals surface area contributed by atoms with E-state index in [-0.39, 0.29) is 11.9 Å². The molecule has 16 heavy (non-hydrogen) atoms. The van der Waals surface area contributed by atoms with Crippen molar-refractivity contribution in [2.24, 2.45) is 0 Å². The Hall–Kier alpha value is -1.24. The molecule has 1 aliphatic rings. The maximum Gasteiger partial charge on any atom is 0.229 e. The minimum atomic E-state index is 0.165. The Morgan fingerprint density at radius 2 is 1.81 bits per heavy atom. The smallest absolute Gasteiger partial charge is 0.229 e. The van der Waals surface area contributed by atoms with Gasteiger partial charge in [0.1, 0.15) is 0 Å². The van der Waals surface area contributed by atoms with E-state index in [0.29, 0.717) is 12.0 Å². The summed E-state index contributed by atoms with van der Waals surface area (Å²) < 4.78 is 0. The van der Waals surface area contributed by atoms with Crippen molar-refractivity contribution in [1.29, 1.82) is 0 Å². The number of nitrogens with zero attached hydrogens (tertiary/aromatic N) is 3. The summed E-state index contributed by atoms with van der Waals surface area (Å²) in [4.78, 5) is 11.8. The van der Waals surface area contributed by atoms with Gasteiger partial charge in [0.2, 0.25) is 17.8 Å². The van der Waals surface area contributed by atoms with Gasteiger partial charge < -0.3 is 16.8 Å². The lowest BCUT2D eigenvalue weighted by atomic mass is 10.1. The summed E-state index contributed by atoms with van der Waals surface area (Å²) in [6.45, 7) is 0. The molecule has 7 heteroatoms. The van der Waals surface area contributed by atoms with Crippen molar-refractivity contribution in [2.45, 2.75) is 25.3 Å². The van der Waals surface area contributed by atoms with Gasteiger partial charge in [0.05, 0.1) is 0 Å². The van der Waals surface area contributed by atoms with Crippen molar-refractivity contribution in [1.82, 2.24) is 15.0 Å². The van der Waals surface area contributed by atoms with Crippen LogP contribution in [0, 0.1) is 0 Å². The van der Waals surface area contributed by atoms with E-state index in [0.717, 1.165) is 12.8 Å². The second-order valence-electron chi connectivity index (χ2n) is 3.76. The maximum atomic E-state index is 5.51. The summed E-state index contributed by atoms with van der Waals surface area (Å²) in [7, 11) is 0. The Labute approximate surface area is 98.6 Å². The van der Waals surface area contributed by atoms with Crippen LogP contribution in [0.1, 0.15) is 19.3 Å². The summed E-state index contributed by atoms with van der Waals surface area (Å²) in [6.07, 6.45) is 3.48. The van der Waals surface area contributed by atoms with Gasteiger partial charge in [0.25, 0.3) is 0 Å². The first-order valence-corrected chi connectivity index (χ1v) is 6.51. The van der Waals surface area contributed by atoms with Crippen LogP contribution in [0.4, 0.5) is 17.8 Å². The number of aromatic nitrogens is 3. The van der Waals surface area contributed by atoms with Crippen LogP contribution in [-0.4, -0.2) is 32.5 Å². The first-order chi connectivity index (χ1) is 7.74. The van der Waals surface area contributed by atoms with Crippen LogP contribution in [0.3, 0.4) is 0 Å². The van der Waals surface area contributed by atoms with Gasteiger partial charge in [0, 0.05) is 6.04 Å². The molecule has 1 saturated heterocycles. The van der Waals surface area contributed by atoms with Crippen LogP contribution in [0.5, 0.6) is 0 Å². The zero-order valence-electron chi connectivity index (χ0n) is 9.02. The van der Waals surface area contributed by atoms with E-state index in [1.807, 2.05) is 11.8 Å². The maximum absolute atomic E-state index is 5.51. The van der Waals surface area contributed by atoms with Crippen LogP contribution < -0.4 is 16.8 Å². The molecule has 1 fully saturated rings. The fourth-order valence-corrected chi connectivity index (χ4v) is 2.73. The third kappa shape index (κ3) is 3.13. The van der Waals surface area contributed by atoms with E-state index in [9.17, 15) is 0 Å². The molecule has 0 aromatic carbocycles. The second kappa shape index (κ2) is 5.20. The lowest BCUT2D eigenvalue weighted by molar-refractivity contribution is 0.635. The predicted octanol–water partition coefficient (Wildman–Crippen LogP) is 0.734. The fourth-order valence-electron chi connectivity index (χ4n) is 1.70. The average Bonchev–Trinajstić information content (AvgIpc) is 2.44. The average molecular weight is 240 g/mol. The van der Waals surface area contributed by atoms with Gasteiger partial charge in [-0.05, 0) is 30.8 Å². The molecule has 5 N–H and O–H groups in total. The van der Waals surface area contributed by atoms with Gasteiger partial charge >= 0.3 is 0 Å². The molecule has 88 valence electrons. The minimum Gasteiger partial charge on any atom is -0.368 e. The highest BCUT2D eigenvalue weighted by Crippen LogP contribution is 2.19. The highest BCUT2D eigenvalue weighted by atomic mass is 32.2. The molecule has 2 heterocycles. The number of nitrogen functional groups attached to an aromatic ring is 2. The Morgan fingerprint density at radius 3 is 2.56 bits per heavy atom. The summed E-state index contributed by atoms with van der Waals surface area (Å²) in [5.41, 5.74) is 11.0. The van der Waals surface area contributed by atoms with Gasteiger partial charge in [-0.25, -0.2) is 0 Å². The molecule has 1 aromatic rings. The van der Waals surface area contributed by atoms with Crippen molar-refractivity contribution in [3.05, 3.63) is 0 Å². The summed E-state index contributed by atoms with van der Waals surface area (Å²) in [5, 5.41) is 3.27. The van der Waals surface area contributed by atoms with Crippen molar-refractivity contribution in [2.75, 3.05) is 28.3 Å². The zero-order chi connectivity index (χ0) is 11.4. The summed E-state index contributed by atoms with van der Waals surface area (Å²) in [5.74, 6) is 3.23. The fraction of sp³-hybridized carbons (Fsp3) is 0.667. The number of rotatable bonds is 2. The molecule has 0 radical (unpaired) electrons. The summed E-state index contributed by atoms with van der Waals surface area (Å²) in [6, 6.07) is 0.413. The van der Waals surface area contributed by atoms with E-state index in [1.54, 1.807) is 0 Å². The van der Waals surface area contributed by atoms with Gasteiger partial charge in [-0.3, -0.25) is 0 Å². The molecule has 0 saturated carbocycles. The molecule has 2 rings (SSSR count). The largest absolute Gasteiger partial charge is 0.368 e. The first-order valence-electron chi connectivity index (χ1n) is 5.35. The topological polar surface area (TPSA) is 103 Å². The van der Waals surface area contributed by atoms with Crippen molar-refractivity contribution in [3.63, 3.8) is 0 Å². The third-order valence-corrected chi connectivity index (χ3v) is 3.56. The van der Waals surface area contributed by atoms with Gasteiger partial charge in [-0.1, -0.05) is 0 Å². The Balaban J connectivity index is 2.01. The van der Waals surface area contributed by atoms with Gasteiger partial charge in [0.15, 0.2) is 0 Å². The number of hydrogen-bond donors (Lipinski definition) is 3. The molecule has 6 nitrogen and oxygen atoms in total. The molecule has 1 atom stereocenters. The number of nitrogens with one attached hydrogen (secondary N) is 1. The Kier molecular flexibility index (Phi) is 3.66. The molecule has 1 aliphatic heterocycles. The minimum absolute atomic E-state index is 0.165. The molecule has 0 bridgehead atoms. The zero-order valence-corrected chi connectivity index (χ0v) is 9.83. The first kappa shape index (κ1) is 11.3. The van der Waals surface area contributed by atoms with E-state index >= 15 is 0 Å². The van der Waals surface area contributed by atoms with Gasteiger partial charge in [-0.15, -0.1) is 0 Å². The van der Waals surface area contributed by atoms with E-state index in [2.05, 4.69) is 20.3 Å². The molecule has 0 spiro atoms. The molecule has 1 unspecified atom stereocenters. The lowest BCUT2D eigenvalue weighted by Crippen LogP contribution is -2.21. The quantitative estimate of drug-likeness (QED) is 0.700. The highest BCUT2D eigenvalue weighted by Gasteiger charge is 2.13. The van der Waals surface area contributed by atoms with E-state index in [4.69, 9.17) is 11.5 Å². The normalized spacial score (nSPS) is 21.4. The number of nitrogens with two attached hydrogens (primary N) is 2. The van der Waals surface area contributed by atoms with Gasteiger partial charge in [-0.2, -0.15) is 26.7 Å². The van der Waals surface area contributed by atoms with Crippen molar-refractivity contribution >= 4 is 29.6 Å². The SMILES string of the molecule is Nc1nc(N)nc(NC2CCCSCC2)n1. The third-order valence-electron chi connectivity index (χ3n) is 2.46. The molecular formula is C9H16N6S. The standard InChI is InChI=1S/C9H16N6S/c10-7-13-8(11)15-9(14-7)12-6-2-1-4-16-5-3-6/h6H,1-5H2,(H5,10,11,12,13,14,15). The van der Waals surface area contributed by atoms with E-state index in [1.165, 1.54) is 17.9 Å². The van der Waals surface area contributed by atoms with Crippen LogP contribution in [-0.2, 0) is 0 Å². The van der Waals surface area contributed by atoms with Crippen molar-refractivity contribution in [3.8, 4) is 0 Å². The molecule has 0 amide bonds. The number of hydrogen-bond acceptors (Lipinski definition) is 7. The Morgan fingerprint density at radius 1 is 1.06 bits per heavy atom. The molecule has 0 aliphatic carbocycles. The van der Waals surface area contributed by atoms with Crippen LogP contribution in [0.2, 0.25) is 0 Å². The second-order valence-corrected chi connectivity index (χ2v) is 4.98. The monoisotopic (exact) mass is 240 g/mol. The lowest BCUT2D eigenvalue weighted by Gasteiger charge is -2.15. The van der Waals surface area contributed by atoms with Crippen LogP contribution in [0.15, 0.2) is 0 Å².